The summed E-state index contributed by atoms with van der Waals surface area (Å²) in [6.07, 6.45) is 2.87. The number of carboxylic acids is 1. The molecular weight excluding hydrogens is 370 g/mol. The lowest BCUT2D eigenvalue weighted by molar-refractivity contribution is -0.131. The van der Waals surface area contributed by atoms with Crippen molar-refractivity contribution in [2.24, 2.45) is 0 Å². The molecule has 0 fully saturated rings. The summed E-state index contributed by atoms with van der Waals surface area (Å²) in [7, 11) is 0. The van der Waals surface area contributed by atoms with Crippen LogP contribution in [0.2, 0.25) is 0 Å². The van der Waals surface area contributed by atoms with E-state index < -0.39 is 5.97 Å². The molecule has 4 rings (SSSR count). The molecule has 0 unspecified atom stereocenters. The quantitative estimate of drug-likeness (QED) is 0.385. The van der Waals surface area contributed by atoms with Gasteiger partial charge in [-0.15, -0.1) is 0 Å². The van der Waals surface area contributed by atoms with Gasteiger partial charge in [-0.1, -0.05) is 84.9 Å². The molecule has 0 bridgehead atoms. The van der Waals surface area contributed by atoms with Crippen molar-refractivity contribution >= 4 is 22.8 Å². The van der Waals surface area contributed by atoms with Gasteiger partial charge in [0, 0.05) is 19.2 Å². The molecule has 4 aromatic rings. The van der Waals surface area contributed by atoms with Gasteiger partial charge >= 0.3 is 5.97 Å². The molecule has 2 N–H and O–H groups in total. The van der Waals surface area contributed by atoms with Crippen LogP contribution in [-0.4, -0.2) is 11.1 Å². The van der Waals surface area contributed by atoms with E-state index in [1.165, 1.54) is 22.4 Å². The Hall–Kier alpha value is -3.69. The zero-order valence-corrected chi connectivity index (χ0v) is 16.6. The Morgan fingerprint density at radius 1 is 0.833 bits per heavy atom. The van der Waals surface area contributed by atoms with Gasteiger partial charge in [0.15, 0.2) is 0 Å². The number of benzene rings is 4. The normalized spacial score (nSPS) is 11.2. The number of carbonyl (C=O) groups is 1. The molecule has 0 spiro atoms. The Bertz CT molecular complexity index is 1190. The van der Waals surface area contributed by atoms with Crippen LogP contribution in [0.25, 0.3) is 28.0 Å². The van der Waals surface area contributed by atoms with Crippen molar-refractivity contribution in [1.29, 1.82) is 0 Å². The topological polar surface area (TPSA) is 49.3 Å². The lowest BCUT2D eigenvalue weighted by atomic mass is 9.95. The van der Waals surface area contributed by atoms with Gasteiger partial charge in [0.05, 0.1) is 0 Å². The predicted molar refractivity (Wildman–Crippen MR) is 123 cm³/mol. The number of nitrogens with one attached hydrogen (secondary N) is 1. The number of fused-ring (bicyclic) bond motifs is 1. The fourth-order valence-corrected chi connectivity index (χ4v) is 3.65. The largest absolute Gasteiger partial charge is 0.478 e. The third kappa shape index (κ3) is 4.65. The second kappa shape index (κ2) is 9.21. The van der Waals surface area contributed by atoms with Crippen molar-refractivity contribution in [3.05, 3.63) is 114 Å². The summed E-state index contributed by atoms with van der Waals surface area (Å²) in [5, 5.41) is 14.9. The predicted octanol–water partition coefficient (Wildman–Crippen LogP) is 5.89. The molecule has 0 heterocycles. The molecule has 3 nitrogen and oxygen atoms in total. The van der Waals surface area contributed by atoms with Gasteiger partial charge in [-0.25, -0.2) is 4.79 Å². The summed E-state index contributed by atoms with van der Waals surface area (Å²) in [4.78, 5) is 11.1. The Morgan fingerprint density at radius 2 is 1.60 bits per heavy atom. The molecule has 0 aromatic heterocycles. The molecule has 0 saturated heterocycles. The van der Waals surface area contributed by atoms with Crippen LogP contribution in [0.15, 0.2) is 97.1 Å². The van der Waals surface area contributed by atoms with E-state index in [4.69, 9.17) is 5.11 Å². The first-order valence-electron chi connectivity index (χ1n) is 9.97. The summed E-state index contributed by atoms with van der Waals surface area (Å²) in [6.45, 7) is 1.41. The van der Waals surface area contributed by atoms with E-state index in [-0.39, 0.29) is 0 Å². The first-order chi connectivity index (χ1) is 14.7. The van der Waals surface area contributed by atoms with Crippen LogP contribution < -0.4 is 5.32 Å². The number of aliphatic carboxylic acids is 1. The van der Waals surface area contributed by atoms with Crippen molar-refractivity contribution in [3.8, 4) is 11.1 Å². The van der Waals surface area contributed by atoms with Gasteiger partial charge in [0.25, 0.3) is 0 Å². The smallest absolute Gasteiger partial charge is 0.328 e. The molecular formula is C27H23NO2. The monoisotopic (exact) mass is 393 g/mol. The van der Waals surface area contributed by atoms with E-state index in [1.54, 1.807) is 6.08 Å². The molecule has 0 aliphatic rings. The lowest BCUT2D eigenvalue weighted by Gasteiger charge is -2.12. The van der Waals surface area contributed by atoms with Crippen LogP contribution in [0.4, 0.5) is 0 Å². The van der Waals surface area contributed by atoms with Crippen LogP contribution in [-0.2, 0) is 17.9 Å². The molecule has 0 atom stereocenters. The summed E-state index contributed by atoms with van der Waals surface area (Å²) >= 11 is 0. The minimum Gasteiger partial charge on any atom is -0.478 e. The maximum Gasteiger partial charge on any atom is 0.328 e. The van der Waals surface area contributed by atoms with Gasteiger partial charge in [-0.3, -0.25) is 0 Å². The molecule has 0 aliphatic carbocycles. The van der Waals surface area contributed by atoms with Crippen molar-refractivity contribution in [1.82, 2.24) is 5.32 Å². The second-order valence-corrected chi connectivity index (χ2v) is 7.20. The van der Waals surface area contributed by atoms with E-state index in [2.05, 4.69) is 66.0 Å². The van der Waals surface area contributed by atoms with Gasteiger partial charge < -0.3 is 10.4 Å². The third-order valence-corrected chi connectivity index (χ3v) is 5.14. The van der Waals surface area contributed by atoms with E-state index in [1.807, 2.05) is 30.3 Å². The maximum atomic E-state index is 11.1. The molecule has 30 heavy (non-hydrogen) atoms. The van der Waals surface area contributed by atoms with Gasteiger partial charge in [0.2, 0.25) is 0 Å². The number of carboxylic acid groups (broad SMARTS) is 1. The highest BCUT2D eigenvalue weighted by Gasteiger charge is 2.07. The summed E-state index contributed by atoms with van der Waals surface area (Å²) in [5.74, 6) is -0.950. The molecule has 0 radical (unpaired) electrons. The highest BCUT2D eigenvalue weighted by atomic mass is 16.4. The molecule has 4 aromatic carbocycles. The number of hydrogen-bond acceptors (Lipinski definition) is 2. The van der Waals surface area contributed by atoms with E-state index >= 15 is 0 Å². The van der Waals surface area contributed by atoms with Gasteiger partial charge in [-0.2, -0.15) is 0 Å². The summed E-state index contributed by atoms with van der Waals surface area (Å²) < 4.78 is 0. The van der Waals surface area contributed by atoms with Crippen LogP contribution >= 0.6 is 0 Å². The minimum atomic E-state index is -0.950. The SMILES string of the molecule is O=C(O)C=Cc1cc(-c2cccc3ccccc23)ccc1CNCc1ccccc1. The Morgan fingerprint density at radius 3 is 2.43 bits per heavy atom. The lowest BCUT2D eigenvalue weighted by Crippen LogP contribution is -2.13. The van der Waals surface area contributed by atoms with Crippen molar-refractivity contribution < 1.29 is 9.90 Å². The van der Waals surface area contributed by atoms with Crippen molar-refractivity contribution in [3.63, 3.8) is 0 Å². The van der Waals surface area contributed by atoms with Gasteiger partial charge in [-0.05, 0) is 50.7 Å². The van der Waals surface area contributed by atoms with E-state index in [9.17, 15) is 4.79 Å². The van der Waals surface area contributed by atoms with E-state index in [0.29, 0.717) is 6.54 Å². The fourth-order valence-electron chi connectivity index (χ4n) is 3.65. The molecule has 3 heteroatoms. The molecule has 0 amide bonds. The summed E-state index contributed by atoms with van der Waals surface area (Å²) in [5.41, 5.74) is 5.40. The highest BCUT2D eigenvalue weighted by Crippen LogP contribution is 2.30. The number of hydrogen-bond donors (Lipinski definition) is 2. The number of rotatable bonds is 7. The van der Waals surface area contributed by atoms with Crippen molar-refractivity contribution in [2.45, 2.75) is 13.1 Å². The van der Waals surface area contributed by atoms with Crippen LogP contribution in [0.3, 0.4) is 0 Å². The highest BCUT2D eigenvalue weighted by molar-refractivity contribution is 5.97. The van der Waals surface area contributed by atoms with Crippen molar-refractivity contribution in [2.75, 3.05) is 0 Å². The first kappa shape index (κ1) is 19.6. The first-order valence-corrected chi connectivity index (χ1v) is 9.97. The molecule has 148 valence electrons. The zero-order valence-electron chi connectivity index (χ0n) is 16.6. The standard InChI is InChI=1S/C27H23NO2/c29-27(30)16-15-22-17-23(26-12-6-10-21-9-4-5-11-25(21)26)13-14-24(22)19-28-18-20-7-2-1-3-8-20/h1-17,28H,18-19H2,(H,29,30). The maximum absolute atomic E-state index is 11.1. The summed E-state index contributed by atoms with van der Waals surface area (Å²) in [6, 6.07) is 31.0. The fraction of sp³-hybridized carbons (Fsp3) is 0.0741. The average molecular weight is 393 g/mol. The van der Waals surface area contributed by atoms with Crippen LogP contribution in [0, 0.1) is 0 Å². The van der Waals surface area contributed by atoms with E-state index in [0.717, 1.165) is 28.8 Å². The van der Waals surface area contributed by atoms with Gasteiger partial charge in [0.1, 0.15) is 0 Å². The van der Waals surface area contributed by atoms with Crippen LogP contribution in [0.1, 0.15) is 16.7 Å². The van der Waals surface area contributed by atoms with Crippen LogP contribution in [0.5, 0.6) is 0 Å². The second-order valence-electron chi connectivity index (χ2n) is 7.20. The average Bonchev–Trinajstić information content (AvgIpc) is 2.78. The Labute approximate surface area is 176 Å². The Kier molecular flexibility index (Phi) is 6.02. The molecule has 0 saturated carbocycles. The Balaban J connectivity index is 1.65. The third-order valence-electron chi connectivity index (χ3n) is 5.14. The molecule has 0 aliphatic heterocycles. The minimum absolute atomic E-state index is 0.657. The zero-order chi connectivity index (χ0) is 20.8.